The van der Waals surface area contributed by atoms with Crippen LogP contribution in [0.1, 0.15) is 5.56 Å². The standard InChI is InChI=1S/C17H15N3O2/c1-20-15(16(21)19-17(20)18)11-12-6-5-9-14(10-12)22-13-7-3-2-4-8-13/h2-11H,1H3,(H2,18,19,21)/b15-11-. The van der Waals surface area contributed by atoms with Gasteiger partial charge in [-0.1, -0.05) is 30.3 Å². The van der Waals surface area contributed by atoms with Crippen LogP contribution >= 0.6 is 0 Å². The third-order valence-corrected chi connectivity index (χ3v) is 3.28. The van der Waals surface area contributed by atoms with E-state index in [-0.39, 0.29) is 11.9 Å². The molecule has 0 saturated heterocycles. The fourth-order valence-electron chi connectivity index (χ4n) is 2.11. The first kappa shape index (κ1) is 13.9. The largest absolute Gasteiger partial charge is 0.457 e. The Morgan fingerprint density at radius 2 is 1.82 bits per heavy atom. The first-order valence-corrected chi connectivity index (χ1v) is 6.80. The average molecular weight is 293 g/mol. The van der Waals surface area contributed by atoms with Crippen LogP contribution in [-0.4, -0.2) is 23.8 Å². The molecule has 110 valence electrons. The highest BCUT2D eigenvalue weighted by molar-refractivity contribution is 6.11. The third-order valence-electron chi connectivity index (χ3n) is 3.28. The van der Waals surface area contributed by atoms with E-state index < -0.39 is 0 Å². The SMILES string of the molecule is CN1C(N)=NC(=O)/C1=C/c1cccc(Oc2ccccc2)c1. The van der Waals surface area contributed by atoms with Crippen LogP contribution in [-0.2, 0) is 4.79 Å². The highest BCUT2D eigenvalue weighted by atomic mass is 16.5. The molecule has 2 aromatic rings. The molecule has 3 rings (SSSR count). The van der Waals surface area contributed by atoms with Gasteiger partial charge in [-0.3, -0.25) is 4.79 Å². The molecule has 5 heteroatoms. The van der Waals surface area contributed by atoms with E-state index in [2.05, 4.69) is 4.99 Å². The quantitative estimate of drug-likeness (QED) is 0.883. The molecule has 1 aliphatic rings. The molecule has 0 unspecified atom stereocenters. The van der Waals surface area contributed by atoms with Crippen molar-refractivity contribution >= 4 is 17.9 Å². The van der Waals surface area contributed by atoms with Gasteiger partial charge in [-0.2, -0.15) is 4.99 Å². The van der Waals surface area contributed by atoms with Crippen molar-refractivity contribution in [2.45, 2.75) is 0 Å². The zero-order chi connectivity index (χ0) is 15.5. The van der Waals surface area contributed by atoms with E-state index in [4.69, 9.17) is 10.5 Å². The zero-order valence-corrected chi connectivity index (χ0v) is 12.1. The summed E-state index contributed by atoms with van der Waals surface area (Å²) in [6, 6.07) is 17.0. The van der Waals surface area contributed by atoms with Gasteiger partial charge < -0.3 is 15.4 Å². The summed E-state index contributed by atoms with van der Waals surface area (Å²) in [5, 5.41) is 0. The fraction of sp³-hybridized carbons (Fsp3) is 0.0588. The minimum atomic E-state index is -0.339. The molecule has 5 nitrogen and oxygen atoms in total. The summed E-state index contributed by atoms with van der Waals surface area (Å²) in [4.78, 5) is 17.0. The second-order valence-corrected chi connectivity index (χ2v) is 4.85. The number of aliphatic imine (C=N–C) groups is 1. The Morgan fingerprint density at radius 1 is 1.09 bits per heavy atom. The van der Waals surface area contributed by atoms with Crippen molar-refractivity contribution in [2.75, 3.05) is 7.05 Å². The van der Waals surface area contributed by atoms with Crippen LogP contribution in [0.25, 0.3) is 6.08 Å². The van der Waals surface area contributed by atoms with Gasteiger partial charge in [-0.15, -0.1) is 0 Å². The molecule has 1 amide bonds. The van der Waals surface area contributed by atoms with Crippen molar-refractivity contribution in [1.82, 2.24) is 4.90 Å². The van der Waals surface area contributed by atoms with Gasteiger partial charge in [0.2, 0.25) is 5.96 Å². The van der Waals surface area contributed by atoms with E-state index in [9.17, 15) is 4.79 Å². The van der Waals surface area contributed by atoms with E-state index in [1.165, 1.54) is 0 Å². The molecular formula is C17H15N3O2. The minimum Gasteiger partial charge on any atom is -0.457 e. The summed E-state index contributed by atoms with van der Waals surface area (Å²) >= 11 is 0. The van der Waals surface area contributed by atoms with E-state index >= 15 is 0 Å². The average Bonchev–Trinajstić information content (AvgIpc) is 2.75. The summed E-state index contributed by atoms with van der Waals surface area (Å²) in [5.41, 5.74) is 6.91. The maximum atomic E-state index is 11.8. The lowest BCUT2D eigenvalue weighted by atomic mass is 10.1. The summed E-state index contributed by atoms with van der Waals surface area (Å²) in [5.74, 6) is 1.32. The zero-order valence-electron chi connectivity index (χ0n) is 12.1. The summed E-state index contributed by atoms with van der Waals surface area (Å²) < 4.78 is 5.78. The molecule has 22 heavy (non-hydrogen) atoms. The van der Waals surface area contributed by atoms with Crippen LogP contribution in [0.3, 0.4) is 0 Å². The van der Waals surface area contributed by atoms with Crippen molar-refractivity contribution < 1.29 is 9.53 Å². The lowest BCUT2D eigenvalue weighted by Crippen LogP contribution is -2.28. The van der Waals surface area contributed by atoms with Gasteiger partial charge in [-0.05, 0) is 35.9 Å². The fourth-order valence-corrected chi connectivity index (χ4v) is 2.11. The van der Waals surface area contributed by atoms with Crippen LogP contribution < -0.4 is 10.5 Å². The maximum absolute atomic E-state index is 11.8. The number of amides is 1. The second-order valence-electron chi connectivity index (χ2n) is 4.85. The van der Waals surface area contributed by atoms with Crippen LogP contribution in [0.2, 0.25) is 0 Å². The third kappa shape index (κ3) is 2.83. The lowest BCUT2D eigenvalue weighted by molar-refractivity contribution is -0.114. The number of hydrogen-bond acceptors (Lipinski definition) is 4. The summed E-state index contributed by atoms with van der Waals surface area (Å²) in [6.45, 7) is 0. The van der Waals surface area contributed by atoms with Crippen molar-refractivity contribution in [3.8, 4) is 11.5 Å². The van der Waals surface area contributed by atoms with Crippen LogP contribution in [0.5, 0.6) is 11.5 Å². The number of nitrogens with zero attached hydrogens (tertiary/aromatic N) is 2. The molecule has 2 N–H and O–H groups in total. The topological polar surface area (TPSA) is 67.9 Å². The number of ether oxygens (including phenoxy) is 1. The molecule has 1 heterocycles. The van der Waals surface area contributed by atoms with Gasteiger partial charge in [0.15, 0.2) is 0 Å². The van der Waals surface area contributed by atoms with Crippen molar-refractivity contribution in [1.29, 1.82) is 0 Å². The summed E-state index contributed by atoms with van der Waals surface area (Å²) in [6.07, 6.45) is 1.74. The summed E-state index contributed by atoms with van der Waals surface area (Å²) in [7, 11) is 1.71. The molecule has 2 aromatic carbocycles. The monoisotopic (exact) mass is 293 g/mol. The van der Waals surface area contributed by atoms with Gasteiger partial charge >= 0.3 is 0 Å². The Morgan fingerprint density at radius 3 is 2.50 bits per heavy atom. The predicted octanol–water partition coefficient (Wildman–Crippen LogP) is 2.61. The van der Waals surface area contributed by atoms with Gasteiger partial charge in [0.1, 0.15) is 17.2 Å². The molecule has 0 bridgehead atoms. The molecule has 1 aliphatic heterocycles. The molecule has 0 aliphatic carbocycles. The number of benzene rings is 2. The van der Waals surface area contributed by atoms with Crippen molar-refractivity contribution in [2.24, 2.45) is 10.7 Å². The number of rotatable bonds is 3. The molecular weight excluding hydrogens is 278 g/mol. The Bertz CT molecular complexity index is 766. The first-order valence-electron chi connectivity index (χ1n) is 6.80. The van der Waals surface area contributed by atoms with Crippen LogP contribution in [0, 0.1) is 0 Å². The number of nitrogens with two attached hydrogens (primary N) is 1. The number of para-hydroxylation sites is 1. The molecule has 0 fully saturated rings. The molecule has 0 radical (unpaired) electrons. The maximum Gasteiger partial charge on any atom is 0.296 e. The number of carbonyl (C=O) groups excluding carboxylic acids is 1. The van der Waals surface area contributed by atoms with Gasteiger partial charge in [0.05, 0.1) is 0 Å². The Kier molecular flexibility index (Phi) is 3.62. The first-order chi connectivity index (χ1) is 10.6. The number of guanidine groups is 1. The number of likely N-dealkylation sites (N-methyl/N-ethyl adjacent to an activating group) is 1. The minimum absolute atomic E-state index is 0.202. The molecule has 0 atom stereocenters. The highest BCUT2D eigenvalue weighted by Gasteiger charge is 2.23. The van der Waals surface area contributed by atoms with E-state index in [0.717, 1.165) is 11.3 Å². The van der Waals surface area contributed by atoms with Gasteiger partial charge in [0.25, 0.3) is 5.91 Å². The van der Waals surface area contributed by atoms with Crippen molar-refractivity contribution in [3.05, 3.63) is 65.9 Å². The van der Waals surface area contributed by atoms with Gasteiger partial charge in [0, 0.05) is 7.05 Å². The van der Waals surface area contributed by atoms with Crippen LogP contribution in [0.4, 0.5) is 0 Å². The van der Waals surface area contributed by atoms with Crippen molar-refractivity contribution in [3.63, 3.8) is 0 Å². The normalized spacial score (nSPS) is 16.0. The Hall–Kier alpha value is -3.08. The molecule has 0 saturated carbocycles. The van der Waals surface area contributed by atoms with Crippen LogP contribution in [0.15, 0.2) is 65.3 Å². The van der Waals surface area contributed by atoms with Gasteiger partial charge in [-0.25, -0.2) is 0 Å². The Balaban J connectivity index is 1.85. The smallest absolute Gasteiger partial charge is 0.296 e. The lowest BCUT2D eigenvalue weighted by Gasteiger charge is -2.11. The highest BCUT2D eigenvalue weighted by Crippen LogP contribution is 2.24. The number of carbonyl (C=O) groups is 1. The van der Waals surface area contributed by atoms with E-state index in [0.29, 0.717) is 11.4 Å². The second kappa shape index (κ2) is 5.73. The predicted molar refractivity (Wildman–Crippen MR) is 85.3 cm³/mol. The van der Waals surface area contributed by atoms with E-state index in [1.54, 1.807) is 18.0 Å². The Labute approximate surface area is 128 Å². The number of hydrogen-bond donors (Lipinski definition) is 1. The molecule has 0 aromatic heterocycles. The molecule has 0 spiro atoms. The van der Waals surface area contributed by atoms with E-state index in [1.807, 2.05) is 54.6 Å².